The first kappa shape index (κ1) is 37.7. The van der Waals surface area contributed by atoms with Crippen molar-refractivity contribution >= 4 is 40.8 Å². The topological polar surface area (TPSA) is 88.2 Å². The van der Waals surface area contributed by atoms with E-state index in [1.165, 1.54) is 0 Å². The SMILES string of the molecule is CN(C)c1ccc(-c2c(CCc3ccc(C(=O)O)cc3)c(C(=O)O)c(-[n+]3ccc(N(C)C)cc3)c(-c3ccc(N(C)C)cc3)c2Sc2ccccc2)cc1. The average Bonchev–Trinajstić information content (AvgIpc) is 3.17. The predicted molar refractivity (Wildman–Crippen MR) is 220 cm³/mol. The molecule has 0 saturated heterocycles. The Kier molecular flexibility index (Phi) is 11.4. The molecule has 0 fully saturated rings. The monoisotopic (exact) mass is 737 g/mol. The zero-order valence-electron chi connectivity index (χ0n) is 31.4. The molecule has 0 bridgehead atoms. The zero-order chi connectivity index (χ0) is 38.5. The molecule has 0 aliphatic carbocycles. The number of benzene rings is 5. The van der Waals surface area contributed by atoms with E-state index in [2.05, 4.69) is 60.7 Å². The number of nitrogens with zero attached hydrogens (tertiary/aromatic N) is 4. The van der Waals surface area contributed by atoms with Crippen molar-refractivity contribution < 1.29 is 24.4 Å². The summed E-state index contributed by atoms with van der Waals surface area (Å²) in [5.74, 6) is -2.02. The highest BCUT2D eigenvalue weighted by atomic mass is 32.2. The minimum Gasteiger partial charge on any atom is -0.478 e. The van der Waals surface area contributed by atoms with Gasteiger partial charge >= 0.3 is 11.9 Å². The van der Waals surface area contributed by atoms with Crippen LogP contribution in [0.2, 0.25) is 0 Å². The van der Waals surface area contributed by atoms with Crippen molar-refractivity contribution in [2.75, 3.05) is 57.0 Å². The van der Waals surface area contributed by atoms with Crippen LogP contribution in [0.25, 0.3) is 27.9 Å². The lowest BCUT2D eigenvalue weighted by molar-refractivity contribution is -0.595. The summed E-state index contributed by atoms with van der Waals surface area (Å²) in [6.45, 7) is 0. The smallest absolute Gasteiger partial charge is 0.342 e. The molecule has 8 nitrogen and oxygen atoms in total. The molecule has 5 aromatic carbocycles. The Morgan fingerprint density at radius 1 is 0.574 bits per heavy atom. The maximum Gasteiger partial charge on any atom is 0.342 e. The summed E-state index contributed by atoms with van der Waals surface area (Å²) >= 11 is 1.63. The molecule has 1 aromatic heterocycles. The molecule has 0 amide bonds. The fourth-order valence-electron chi connectivity index (χ4n) is 6.58. The van der Waals surface area contributed by atoms with Crippen LogP contribution in [-0.2, 0) is 12.8 Å². The lowest BCUT2D eigenvalue weighted by Gasteiger charge is -2.24. The second kappa shape index (κ2) is 16.3. The van der Waals surface area contributed by atoms with Gasteiger partial charge in [0.2, 0.25) is 5.69 Å². The number of carboxylic acids is 2. The number of anilines is 3. The van der Waals surface area contributed by atoms with Gasteiger partial charge in [0.25, 0.3) is 0 Å². The molecule has 0 atom stereocenters. The van der Waals surface area contributed by atoms with E-state index >= 15 is 0 Å². The normalized spacial score (nSPS) is 10.9. The van der Waals surface area contributed by atoms with Gasteiger partial charge in [-0.2, -0.15) is 4.57 Å². The lowest BCUT2D eigenvalue weighted by atomic mass is 9.85. The Labute approximate surface area is 321 Å². The Morgan fingerprint density at radius 3 is 1.56 bits per heavy atom. The minimum absolute atomic E-state index is 0.206. The third-order valence-corrected chi connectivity index (χ3v) is 10.6. The van der Waals surface area contributed by atoms with Gasteiger partial charge in [0, 0.05) is 86.8 Å². The van der Waals surface area contributed by atoms with Crippen molar-refractivity contribution in [3.63, 3.8) is 0 Å². The van der Waals surface area contributed by atoms with E-state index in [9.17, 15) is 19.8 Å². The van der Waals surface area contributed by atoms with Crippen LogP contribution in [0.15, 0.2) is 137 Å². The first-order valence-electron chi connectivity index (χ1n) is 17.7. The van der Waals surface area contributed by atoms with Crippen molar-refractivity contribution in [3.8, 4) is 27.9 Å². The Balaban J connectivity index is 1.74. The third kappa shape index (κ3) is 8.11. The molecule has 6 aromatic rings. The molecule has 0 spiro atoms. The number of carbonyl (C=O) groups is 2. The number of hydrogen-bond acceptors (Lipinski definition) is 6. The first-order chi connectivity index (χ1) is 25.9. The minimum atomic E-state index is -1.03. The quantitative estimate of drug-likeness (QED) is 0.114. The van der Waals surface area contributed by atoms with Gasteiger partial charge in [-0.05, 0) is 83.6 Å². The summed E-state index contributed by atoms with van der Waals surface area (Å²) in [6, 6.07) is 37.6. The summed E-state index contributed by atoms with van der Waals surface area (Å²) in [7, 11) is 12.0. The van der Waals surface area contributed by atoms with E-state index < -0.39 is 11.9 Å². The van der Waals surface area contributed by atoms with Crippen molar-refractivity contribution in [2.45, 2.75) is 22.6 Å². The van der Waals surface area contributed by atoms with Crippen molar-refractivity contribution in [3.05, 3.63) is 150 Å². The molecule has 6 rings (SSSR count). The molecular weight excluding hydrogens is 693 g/mol. The number of carboxylic acid groups (broad SMARTS) is 2. The van der Waals surface area contributed by atoms with Crippen LogP contribution < -0.4 is 19.3 Å². The van der Waals surface area contributed by atoms with Gasteiger partial charge < -0.3 is 24.9 Å². The molecule has 0 unspecified atom stereocenters. The van der Waals surface area contributed by atoms with Crippen LogP contribution in [0.5, 0.6) is 0 Å². The summed E-state index contributed by atoms with van der Waals surface area (Å²) in [5, 5.41) is 20.9. The van der Waals surface area contributed by atoms with E-state index in [4.69, 9.17) is 0 Å². The Morgan fingerprint density at radius 2 is 1.07 bits per heavy atom. The summed E-state index contributed by atoms with van der Waals surface area (Å²) in [6.07, 6.45) is 4.76. The average molecular weight is 738 g/mol. The van der Waals surface area contributed by atoms with Gasteiger partial charge in [-0.1, -0.05) is 66.4 Å². The van der Waals surface area contributed by atoms with E-state index in [0.29, 0.717) is 24.1 Å². The summed E-state index contributed by atoms with van der Waals surface area (Å²) in [5.41, 5.74) is 9.13. The molecule has 0 radical (unpaired) electrons. The maximum atomic E-state index is 13.9. The van der Waals surface area contributed by atoms with Crippen LogP contribution in [0.1, 0.15) is 31.8 Å². The lowest BCUT2D eigenvalue weighted by Crippen LogP contribution is -2.34. The molecule has 0 saturated carbocycles. The second-order valence-corrected chi connectivity index (χ2v) is 14.8. The summed E-state index contributed by atoms with van der Waals surface area (Å²) < 4.78 is 1.94. The second-order valence-electron chi connectivity index (χ2n) is 13.7. The van der Waals surface area contributed by atoms with Crippen molar-refractivity contribution in [1.29, 1.82) is 0 Å². The Bertz CT molecular complexity index is 2250. The van der Waals surface area contributed by atoms with Gasteiger partial charge in [-0.15, -0.1) is 0 Å². The molecule has 0 aliphatic heterocycles. The molecule has 274 valence electrons. The van der Waals surface area contributed by atoms with Gasteiger partial charge in [0.15, 0.2) is 12.4 Å². The van der Waals surface area contributed by atoms with Crippen molar-refractivity contribution in [2.24, 2.45) is 0 Å². The van der Waals surface area contributed by atoms with Crippen LogP contribution in [0.3, 0.4) is 0 Å². The number of hydrogen-bond donors (Lipinski definition) is 2. The van der Waals surface area contributed by atoms with Gasteiger partial charge in [-0.3, -0.25) is 0 Å². The molecular formula is C45H45N4O4S+. The fourth-order valence-corrected chi connectivity index (χ4v) is 7.77. The number of aromatic carboxylic acids is 2. The number of rotatable bonds is 13. The molecule has 1 heterocycles. The van der Waals surface area contributed by atoms with Gasteiger partial charge in [-0.25, -0.2) is 9.59 Å². The van der Waals surface area contributed by atoms with Crippen molar-refractivity contribution in [1.82, 2.24) is 0 Å². The van der Waals surface area contributed by atoms with Gasteiger partial charge in [0.05, 0.1) is 11.1 Å². The number of aryl methyl sites for hydroxylation is 1. The van der Waals surface area contributed by atoms with Crippen LogP contribution in [-0.4, -0.2) is 64.4 Å². The van der Waals surface area contributed by atoms with Crippen LogP contribution >= 0.6 is 11.8 Å². The zero-order valence-corrected chi connectivity index (χ0v) is 32.3. The standard InChI is InChI=1S/C45H44N4O4S/c1-46(2)34-21-17-31(18-22-34)39-38(25-14-30-12-15-33(16-13-30)44(50)51)41(45(52)53)42(49-28-26-36(27-29-49)48(5)6)40(32-19-23-35(24-20-32)47(3)4)43(39)54-37-10-8-7-9-11-37/h7-13,15-24,26-29H,14,25H2,1-6H3,(H-,50,51,52,53)/p+1. The predicted octanol–water partition coefficient (Wildman–Crippen LogP) is 8.83. The Hall–Kier alpha value is -6.06. The highest BCUT2D eigenvalue weighted by Crippen LogP contribution is 2.49. The number of pyridine rings is 1. The highest BCUT2D eigenvalue weighted by Gasteiger charge is 2.35. The molecule has 2 N–H and O–H groups in total. The largest absolute Gasteiger partial charge is 0.478 e. The van der Waals surface area contributed by atoms with Crippen LogP contribution in [0.4, 0.5) is 17.1 Å². The van der Waals surface area contributed by atoms with Gasteiger partial charge in [0.1, 0.15) is 5.56 Å². The van der Waals surface area contributed by atoms with E-state index in [0.717, 1.165) is 54.7 Å². The maximum absolute atomic E-state index is 13.9. The van der Waals surface area contributed by atoms with E-state index in [-0.39, 0.29) is 11.1 Å². The van der Waals surface area contributed by atoms with E-state index in [1.807, 2.05) is 116 Å². The molecule has 9 heteroatoms. The summed E-state index contributed by atoms with van der Waals surface area (Å²) in [4.78, 5) is 33.6. The third-order valence-electron chi connectivity index (χ3n) is 9.50. The highest BCUT2D eigenvalue weighted by molar-refractivity contribution is 7.99. The van der Waals surface area contributed by atoms with E-state index in [1.54, 1.807) is 23.9 Å². The molecule has 0 aliphatic rings. The fraction of sp³-hybridized carbons (Fsp3) is 0.178. The first-order valence-corrected chi connectivity index (χ1v) is 18.5. The van der Waals surface area contributed by atoms with Crippen LogP contribution in [0, 0.1) is 0 Å². The molecule has 54 heavy (non-hydrogen) atoms. The number of aromatic nitrogens is 1.